The first kappa shape index (κ1) is 11.2. The van der Waals surface area contributed by atoms with Gasteiger partial charge >= 0.3 is 0 Å². The molecule has 3 nitrogen and oxygen atoms in total. The van der Waals surface area contributed by atoms with E-state index in [2.05, 4.69) is 40.7 Å². The van der Waals surface area contributed by atoms with E-state index in [0.717, 1.165) is 12.3 Å². The third kappa shape index (κ3) is 2.08. The molecule has 3 atom stereocenters. The van der Waals surface area contributed by atoms with Crippen molar-refractivity contribution in [2.75, 3.05) is 0 Å². The molecule has 2 aliphatic rings. The van der Waals surface area contributed by atoms with Crippen LogP contribution >= 0.6 is 0 Å². The van der Waals surface area contributed by atoms with Gasteiger partial charge in [-0.15, -0.1) is 0 Å². The Hall–Kier alpha value is -1.90. The number of rotatable bonds is 2. The minimum absolute atomic E-state index is 0.203. The van der Waals surface area contributed by atoms with Crippen LogP contribution in [0.1, 0.15) is 24.9 Å². The Kier molecular flexibility index (Phi) is 2.97. The maximum absolute atomic E-state index is 4.74. The first-order valence-electron chi connectivity index (χ1n) is 6.39. The molecule has 2 aliphatic heterocycles. The molecule has 1 aromatic rings. The Morgan fingerprint density at radius 2 is 2.06 bits per heavy atom. The minimum atomic E-state index is 0.203. The number of benzene rings is 1. The number of nitrogens with zero attached hydrogens (tertiary/aromatic N) is 2. The van der Waals surface area contributed by atoms with Gasteiger partial charge in [-0.3, -0.25) is 9.98 Å². The number of amidine groups is 1. The van der Waals surface area contributed by atoms with Crippen LogP contribution in [0.3, 0.4) is 0 Å². The summed E-state index contributed by atoms with van der Waals surface area (Å²) in [5.41, 5.74) is 1.27. The molecule has 0 radical (unpaired) electrons. The summed E-state index contributed by atoms with van der Waals surface area (Å²) >= 11 is 0. The minimum Gasteiger partial charge on any atom is -0.368 e. The third-order valence-electron chi connectivity index (χ3n) is 3.53. The Bertz CT molecular complexity index is 502. The molecule has 0 spiro atoms. The average Bonchev–Trinajstić information content (AvgIpc) is 2.83. The standard InChI is InChI=1S/C15H17N3/c1-11-17-14(12-6-3-2-4-7-12)15(18-11)13-8-5-9-16-10-13/h2-7,9-10,13-15H,8H2,1H3,(H,17,18)/t13?,14-,15+/m1/s1. The third-order valence-corrected chi connectivity index (χ3v) is 3.53. The largest absolute Gasteiger partial charge is 0.368 e. The molecule has 92 valence electrons. The molecule has 2 heterocycles. The molecule has 0 saturated heterocycles. The van der Waals surface area contributed by atoms with Crippen LogP contribution in [-0.4, -0.2) is 18.1 Å². The summed E-state index contributed by atoms with van der Waals surface area (Å²) in [5, 5.41) is 3.50. The highest BCUT2D eigenvalue weighted by molar-refractivity contribution is 5.83. The van der Waals surface area contributed by atoms with Crippen LogP contribution < -0.4 is 5.32 Å². The Labute approximate surface area is 107 Å². The van der Waals surface area contributed by atoms with Gasteiger partial charge in [-0.1, -0.05) is 36.4 Å². The zero-order valence-electron chi connectivity index (χ0n) is 10.5. The van der Waals surface area contributed by atoms with E-state index in [1.54, 1.807) is 0 Å². The highest BCUT2D eigenvalue weighted by Crippen LogP contribution is 2.31. The lowest BCUT2D eigenvalue weighted by Crippen LogP contribution is -2.38. The first-order chi connectivity index (χ1) is 8.84. The fourth-order valence-corrected chi connectivity index (χ4v) is 2.66. The van der Waals surface area contributed by atoms with Gasteiger partial charge in [-0.25, -0.2) is 0 Å². The summed E-state index contributed by atoms with van der Waals surface area (Å²) in [4.78, 5) is 8.99. The summed E-state index contributed by atoms with van der Waals surface area (Å²) in [6.45, 7) is 2.03. The van der Waals surface area contributed by atoms with E-state index in [0.29, 0.717) is 12.0 Å². The highest BCUT2D eigenvalue weighted by atomic mass is 15.1. The summed E-state index contributed by atoms with van der Waals surface area (Å²) in [6.07, 6.45) is 7.08. The molecule has 0 fully saturated rings. The SMILES string of the molecule is CC1=N[C@H](c2ccccc2)[C@H](C2C=NC=CC2)N1. The summed E-state index contributed by atoms with van der Waals surface area (Å²) in [6, 6.07) is 11.0. The van der Waals surface area contributed by atoms with E-state index in [1.165, 1.54) is 5.56 Å². The molecule has 0 bridgehead atoms. The Balaban J connectivity index is 1.87. The number of hydrogen-bond acceptors (Lipinski definition) is 3. The van der Waals surface area contributed by atoms with Crippen molar-refractivity contribution in [1.29, 1.82) is 0 Å². The molecule has 3 heteroatoms. The van der Waals surface area contributed by atoms with Crippen LogP contribution in [0.15, 0.2) is 52.6 Å². The Morgan fingerprint density at radius 3 is 2.78 bits per heavy atom. The monoisotopic (exact) mass is 239 g/mol. The summed E-state index contributed by atoms with van der Waals surface area (Å²) in [5.74, 6) is 1.44. The maximum Gasteiger partial charge on any atom is 0.0976 e. The van der Waals surface area contributed by atoms with Gasteiger partial charge in [0.25, 0.3) is 0 Å². The van der Waals surface area contributed by atoms with E-state index in [1.807, 2.05) is 25.4 Å². The van der Waals surface area contributed by atoms with Gasteiger partial charge in [0, 0.05) is 18.3 Å². The van der Waals surface area contributed by atoms with E-state index >= 15 is 0 Å². The smallest absolute Gasteiger partial charge is 0.0976 e. The van der Waals surface area contributed by atoms with Crippen molar-refractivity contribution in [1.82, 2.24) is 5.32 Å². The van der Waals surface area contributed by atoms with Gasteiger partial charge in [0.05, 0.1) is 17.9 Å². The normalized spacial score (nSPS) is 30.1. The van der Waals surface area contributed by atoms with Gasteiger partial charge in [-0.05, 0) is 18.9 Å². The van der Waals surface area contributed by atoms with Crippen molar-refractivity contribution in [3.05, 3.63) is 48.2 Å². The molecular weight excluding hydrogens is 222 g/mol. The molecular formula is C15H17N3. The average molecular weight is 239 g/mol. The van der Waals surface area contributed by atoms with Gasteiger partial charge in [0.1, 0.15) is 0 Å². The highest BCUT2D eigenvalue weighted by Gasteiger charge is 2.33. The van der Waals surface area contributed by atoms with Crippen LogP contribution in [-0.2, 0) is 0 Å². The van der Waals surface area contributed by atoms with Gasteiger partial charge < -0.3 is 5.32 Å². The number of aliphatic imine (C=N–C) groups is 2. The van der Waals surface area contributed by atoms with E-state index in [-0.39, 0.29) is 6.04 Å². The van der Waals surface area contributed by atoms with Gasteiger partial charge in [-0.2, -0.15) is 0 Å². The molecule has 0 aliphatic carbocycles. The second-order valence-electron chi connectivity index (χ2n) is 4.82. The molecule has 1 N–H and O–H groups in total. The van der Waals surface area contributed by atoms with Crippen molar-refractivity contribution in [2.45, 2.75) is 25.4 Å². The Morgan fingerprint density at radius 1 is 1.22 bits per heavy atom. The van der Waals surface area contributed by atoms with Crippen LogP contribution in [0.5, 0.6) is 0 Å². The molecule has 18 heavy (non-hydrogen) atoms. The van der Waals surface area contributed by atoms with Crippen molar-refractivity contribution in [2.24, 2.45) is 15.9 Å². The van der Waals surface area contributed by atoms with Crippen LogP contribution in [0, 0.1) is 5.92 Å². The summed E-state index contributed by atoms with van der Waals surface area (Å²) in [7, 11) is 0. The fraction of sp³-hybridized carbons (Fsp3) is 0.333. The van der Waals surface area contributed by atoms with Crippen molar-refractivity contribution in [3.63, 3.8) is 0 Å². The summed E-state index contributed by atoms with van der Waals surface area (Å²) < 4.78 is 0. The first-order valence-corrected chi connectivity index (χ1v) is 6.39. The van der Waals surface area contributed by atoms with Crippen LogP contribution in [0.4, 0.5) is 0 Å². The predicted octanol–water partition coefficient (Wildman–Crippen LogP) is 2.72. The quantitative estimate of drug-likeness (QED) is 0.846. The predicted molar refractivity (Wildman–Crippen MR) is 75.0 cm³/mol. The van der Waals surface area contributed by atoms with E-state index < -0.39 is 0 Å². The molecule has 1 aromatic carbocycles. The van der Waals surface area contributed by atoms with E-state index in [9.17, 15) is 0 Å². The van der Waals surface area contributed by atoms with Crippen molar-refractivity contribution >= 4 is 12.1 Å². The van der Waals surface area contributed by atoms with Crippen LogP contribution in [0.25, 0.3) is 0 Å². The van der Waals surface area contributed by atoms with E-state index in [4.69, 9.17) is 4.99 Å². The molecule has 0 amide bonds. The lowest BCUT2D eigenvalue weighted by molar-refractivity contribution is 0.450. The van der Waals surface area contributed by atoms with Crippen LogP contribution in [0.2, 0.25) is 0 Å². The van der Waals surface area contributed by atoms with Gasteiger partial charge in [0.2, 0.25) is 0 Å². The molecule has 0 saturated carbocycles. The van der Waals surface area contributed by atoms with Gasteiger partial charge in [0.15, 0.2) is 0 Å². The second kappa shape index (κ2) is 4.77. The molecule has 0 aromatic heterocycles. The number of nitrogens with one attached hydrogen (secondary N) is 1. The number of allylic oxidation sites excluding steroid dienone is 1. The zero-order chi connectivity index (χ0) is 12.4. The van der Waals surface area contributed by atoms with Crippen molar-refractivity contribution < 1.29 is 0 Å². The topological polar surface area (TPSA) is 36.8 Å². The fourth-order valence-electron chi connectivity index (χ4n) is 2.66. The lowest BCUT2D eigenvalue weighted by Gasteiger charge is -2.25. The number of hydrogen-bond donors (Lipinski definition) is 1. The lowest BCUT2D eigenvalue weighted by atomic mass is 9.88. The second-order valence-corrected chi connectivity index (χ2v) is 4.82. The maximum atomic E-state index is 4.74. The zero-order valence-corrected chi connectivity index (χ0v) is 10.5. The van der Waals surface area contributed by atoms with Crippen molar-refractivity contribution in [3.8, 4) is 0 Å². The molecule has 1 unspecified atom stereocenters. The molecule has 3 rings (SSSR count).